The van der Waals surface area contributed by atoms with Crippen LogP contribution in [0.2, 0.25) is 0 Å². The molecule has 1 heterocycles. The van der Waals surface area contributed by atoms with Gasteiger partial charge in [-0.3, -0.25) is 0 Å². The maximum atomic E-state index is 12.0. The second-order valence-corrected chi connectivity index (χ2v) is 6.27. The molecule has 134 valence electrons. The maximum absolute atomic E-state index is 12.0. The van der Waals surface area contributed by atoms with Crippen LogP contribution in [0.5, 0.6) is 0 Å². The van der Waals surface area contributed by atoms with E-state index in [1.54, 1.807) is 12.1 Å². The fourth-order valence-electron chi connectivity index (χ4n) is 2.54. The summed E-state index contributed by atoms with van der Waals surface area (Å²) in [6.45, 7) is 3.28. The Morgan fingerprint density at radius 3 is 2.38 bits per heavy atom. The van der Waals surface area contributed by atoms with Crippen molar-refractivity contribution in [1.82, 2.24) is 4.90 Å². The highest BCUT2D eigenvalue weighted by atomic mass is 19.4. The van der Waals surface area contributed by atoms with Gasteiger partial charge >= 0.3 is 6.18 Å². The number of nitrogens with zero attached hydrogens (tertiary/aromatic N) is 2. The van der Waals surface area contributed by atoms with E-state index in [1.165, 1.54) is 0 Å². The second-order valence-electron chi connectivity index (χ2n) is 6.27. The zero-order chi connectivity index (χ0) is 17.6. The number of hydrogen-bond donors (Lipinski definition) is 1. The number of rotatable bonds is 5. The Morgan fingerprint density at radius 1 is 1.21 bits per heavy atom. The zero-order valence-electron chi connectivity index (χ0n) is 13.9. The zero-order valence-corrected chi connectivity index (χ0v) is 13.9. The number of hydrogen-bond acceptors (Lipinski definition) is 2. The summed E-state index contributed by atoms with van der Waals surface area (Å²) in [5.74, 6) is 1.29. The highest BCUT2D eigenvalue weighted by molar-refractivity contribution is 5.78. The molecule has 0 spiro atoms. The van der Waals surface area contributed by atoms with Gasteiger partial charge in [0, 0.05) is 13.1 Å². The van der Waals surface area contributed by atoms with Crippen LogP contribution >= 0.6 is 0 Å². The van der Waals surface area contributed by atoms with Crippen LogP contribution in [-0.4, -0.2) is 36.7 Å². The fraction of sp³-hybridized carbons (Fsp3) is 0.588. The van der Waals surface area contributed by atoms with Crippen LogP contribution in [-0.2, 0) is 17.9 Å². The minimum absolute atomic E-state index is 0.0584. The first kappa shape index (κ1) is 18.6. The molecule has 1 aliphatic rings. The summed E-state index contributed by atoms with van der Waals surface area (Å²) in [4.78, 5) is 6.50. The van der Waals surface area contributed by atoms with E-state index in [1.807, 2.05) is 12.1 Å². The molecule has 1 aliphatic heterocycles. The number of ether oxygens (including phenoxy) is 1. The molecule has 0 amide bonds. The van der Waals surface area contributed by atoms with Crippen LogP contribution < -0.4 is 5.73 Å². The Kier molecular flexibility index (Phi) is 6.48. The number of benzene rings is 1. The number of aliphatic imine (C=N–C) groups is 1. The monoisotopic (exact) mass is 343 g/mol. The van der Waals surface area contributed by atoms with Gasteiger partial charge in [0.2, 0.25) is 0 Å². The smallest absolute Gasteiger partial charge is 0.370 e. The number of alkyl halides is 3. The molecule has 2 rings (SSSR count). The number of likely N-dealkylation sites (tertiary alicyclic amines) is 1. The van der Waals surface area contributed by atoms with Crippen LogP contribution in [0.3, 0.4) is 0 Å². The molecule has 0 atom stereocenters. The Morgan fingerprint density at radius 2 is 1.79 bits per heavy atom. The minimum atomic E-state index is -4.29. The van der Waals surface area contributed by atoms with Crippen molar-refractivity contribution in [3.05, 3.63) is 35.4 Å². The van der Waals surface area contributed by atoms with E-state index >= 15 is 0 Å². The van der Waals surface area contributed by atoms with Gasteiger partial charge in [0.05, 0.1) is 13.2 Å². The third-order valence-electron chi connectivity index (χ3n) is 4.09. The molecular formula is C17H24F3N3O. The van der Waals surface area contributed by atoms with Crippen molar-refractivity contribution >= 4 is 5.96 Å². The van der Waals surface area contributed by atoms with Gasteiger partial charge < -0.3 is 15.4 Å². The lowest BCUT2D eigenvalue weighted by atomic mass is 10.00. The summed E-state index contributed by atoms with van der Waals surface area (Å²) in [7, 11) is 0. The summed E-state index contributed by atoms with van der Waals surface area (Å²) in [5.41, 5.74) is 7.69. The lowest BCUT2D eigenvalue weighted by Crippen LogP contribution is -2.42. The summed E-state index contributed by atoms with van der Waals surface area (Å²) in [6.07, 6.45) is -2.04. The quantitative estimate of drug-likeness (QED) is 0.659. The molecule has 4 nitrogen and oxygen atoms in total. The summed E-state index contributed by atoms with van der Waals surface area (Å²) < 4.78 is 40.7. The van der Waals surface area contributed by atoms with Crippen molar-refractivity contribution in [3.63, 3.8) is 0 Å². The first-order valence-electron chi connectivity index (χ1n) is 8.10. The van der Waals surface area contributed by atoms with Crippen molar-refractivity contribution in [3.8, 4) is 0 Å². The van der Waals surface area contributed by atoms with Gasteiger partial charge in [-0.25, -0.2) is 4.99 Å². The number of piperidine rings is 1. The molecule has 7 heteroatoms. The molecule has 1 fully saturated rings. The Bertz CT molecular complexity index is 535. The van der Waals surface area contributed by atoms with Crippen molar-refractivity contribution in [2.45, 2.75) is 39.1 Å². The van der Waals surface area contributed by atoms with E-state index in [0.717, 1.165) is 37.4 Å². The van der Waals surface area contributed by atoms with Crippen LogP contribution in [0, 0.1) is 5.92 Å². The van der Waals surface area contributed by atoms with E-state index in [9.17, 15) is 13.2 Å². The van der Waals surface area contributed by atoms with Gasteiger partial charge in [-0.15, -0.1) is 0 Å². The fourth-order valence-corrected chi connectivity index (χ4v) is 2.54. The summed E-state index contributed by atoms with van der Waals surface area (Å²) >= 11 is 0. The summed E-state index contributed by atoms with van der Waals surface area (Å²) in [5, 5.41) is 0. The van der Waals surface area contributed by atoms with Crippen molar-refractivity contribution in [2.24, 2.45) is 16.6 Å². The van der Waals surface area contributed by atoms with Crippen molar-refractivity contribution in [2.75, 3.05) is 19.7 Å². The minimum Gasteiger partial charge on any atom is -0.370 e. The lowest BCUT2D eigenvalue weighted by Gasteiger charge is -2.31. The molecule has 1 saturated heterocycles. The van der Waals surface area contributed by atoms with Gasteiger partial charge in [0.15, 0.2) is 5.96 Å². The van der Waals surface area contributed by atoms with Crippen molar-refractivity contribution < 1.29 is 17.9 Å². The number of nitrogens with two attached hydrogens (primary N) is 1. The van der Waals surface area contributed by atoms with Crippen molar-refractivity contribution in [1.29, 1.82) is 0 Å². The van der Waals surface area contributed by atoms with Crippen LogP contribution in [0.25, 0.3) is 0 Å². The van der Waals surface area contributed by atoms with E-state index in [4.69, 9.17) is 5.73 Å². The molecule has 0 aliphatic carbocycles. The van der Waals surface area contributed by atoms with Gasteiger partial charge in [-0.2, -0.15) is 13.2 Å². The highest BCUT2D eigenvalue weighted by Gasteiger charge is 2.27. The van der Waals surface area contributed by atoms with E-state index < -0.39 is 12.8 Å². The van der Waals surface area contributed by atoms with Gasteiger partial charge in [0.1, 0.15) is 6.61 Å². The molecule has 0 bridgehead atoms. The normalized spacial score (nSPS) is 17.3. The highest BCUT2D eigenvalue weighted by Crippen LogP contribution is 2.17. The second kappa shape index (κ2) is 8.37. The largest absolute Gasteiger partial charge is 0.411 e. The number of guanidine groups is 1. The van der Waals surface area contributed by atoms with Gasteiger partial charge in [-0.1, -0.05) is 31.2 Å². The molecule has 2 N–H and O–H groups in total. The van der Waals surface area contributed by atoms with Gasteiger partial charge in [-0.05, 0) is 29.9 Å². The molecule has 1 aromatic rings. The molecule has 1 aromatic carbocycles. The molecule has 24 heavy (non-hydrogen) atoms. The topological polar surface area (TPSA) is 50.8 Å². The van der Waals surface area contributed by atoms with Crippen LogP contribution in [0.4, 0.5) is 13.2 Å². The SMILES string of the molecule is CC1CCN(C(N)=NCc2ccc(COCC(F)(F)F)cc2)CC1. The molecule has 0 aromatic heterocycles. The number of halogens is 3. The third-order valence-corrected chi connectivity index (χ3v) is 4.09. The molecular weight excluding hydrogens is 319 g/mol. The first-order chi connectivity index (χ1) is 11.3. The van der Waals surface area contributed by atoms with Gasteiger partial charge in [0.25, 0.3) is 0 Å². The molecule has 0 saturated carbocycles. The summed E-state index contributed by atoms with van der Waals surface area (Å²) in [6, 6.07) is 7.17. The lowest BCUT2D eigenvalue weighted by molar-refractivity contribution is -0.176. The average molecular weight is 343 g/mol. The van der Waals surface area contributed by atoms with E-state index in [2.05, 4.69) is 21.6 Å². The Balaban J connectivity index is 1.79. The predicted octanol–water partition coefficient (Wildman–Crippen LogP) is 3.31. The Hall–Kier alpha value is -1.76. The van der Waals surface area contributed by atoms with Crippen LogP contribution in [0.1, 0.15) is 30.9 Å². The maximum Gasteiger partial charge on any atom is 0.411 e. The van der Waals surface area contributed by atoms with Crippen LogP contribution in [0.15, 0.2) is 29.3 Å². The Labute approximate surface area is 140 Å². The molecule has 0 radical (unpaired) electrons. The van der Waals surface area contributed by atoms with E-state index in [-0.39, 0.29) is 6.61 Å². The standard InChI is InChI=1S/C17H24F3N3O/c1-13-6-8-23(9-7-13)16(21)22-10-14-2-4-15(5-3-14)11-24-12-17(18,19)20/h2-5,13H,6-12H2,1H3,(H2,21,22). The predicted molar refractivity (Wildman–Crippen MR) is 87.5 cm³/mol. The first-order valence-corrected chi connectivity index (χ1v) is 8.10. The molecule has 0 unspecified atom stereocenters. The average Bonchev–Trinajstić information content (AvgIpc) is 2.53. The third kappa shape index (κ3) is 6.39. The van der Waals surface area contributed by atoms with E-state index in [0.29, 0.717) is 18.1 Å².